The highest BCUT2D eigenvalue weighted by Gasteiger charge is 2.29. The molecule has 1 heterocycles. The average molecular weight is 1650 g/mol. The third-order valence-electron chi connectivity index (χ3n) is 13.6. The van der Waals surface area contributed by atoms with Crippen molar-refractivity contribution in [1.82, 2.24) is 30.2 Å². The van der Waals surface area contributed by atoms with Gasteiger partial charge in [-0.15, -0.1) is 12.8 Å². The van der Waals surface area contributed by atoms with Gasteiger partial charge in [-0.05, 0) is 227 Å². The number of hydrogen-bond donors (Lipinski definition) is 3. The monoisotopic (exact) mass is 1650 g/mol. The summed E-state index contributed by atoms with van der Waals surface area (Å²) in [6, 6.07) is 1.88. The number of Topliss-reactive ketones (excluding diaryl/α,β-unsaturated/α-hetero) is 3. The van der Waals surface area contributed by atoms with E-state index in [2.05, 4.69) is 111 Å². The Morgan fingerprint density at radius 3 is 1.12 bits per heavy atom. The van der Waals surface area contributed by atoms with Gasteiger partial charge in [0.2, 0.25) is 32.9 Å². The highest BCUT2D eigenvalue weighted by atomic mass is 35.5. The number of carbonyl (C=O) groups is 8. The summed E-state index contributed by atoms with van der Waals surface area (Å²) in [4.78, 5) is 98.1. The van der Waals surface area contributed by atoms with Crippen molar-refractivity contribution in [3.63, 3.8) is 0 Å². The number of unbranched alkanes of at least 4 members (excludes halogenated alkanes) is 1. The third-order valence-corrected chi connectivity index (χ3v) is 17.3. The second kappa shape index (κ2) is 58.8. The lowest BCUT2D eigenvalue weighted by atomic mass is 9.82. The second-order valence-corrected chi connectivity index (χ2v) is 41.7. The molecule has 2 aliphatic rings. The quantitative estimate of drug-likeness (QED) is 0.0717. The van der Waals surface area contributed by atoms with Gasteiger partial charge in [-0.3, -0.25) is 38.4 Å². The van der Waals surface area contributed by atoms with Gasteiger partial charge < -0.3 is 15.5 Å². The Hall–Kier alpha value is -6.97. The zero-order chi connectivity index (χ0) is 89.5. The SMILES string of the molecule is C.C.C.C#CC(=O)C(C)(C)C.C#CC(=O)NC(C)(C)C.C=CC(=O)C(C)(C)C.C=CC(=O)N(CCC)C(C)(C)C.C=CC(=O)NC(C)(C)C.C=CS(=O)(=O)C(C)(C)C.C=CS(=O)(=O)NC(C)(C)C.CC(C)(C)C(=O)C1=CCCC1.CC(C)(C)C(=O)C1=CCCCC1.CC(C)(C)c1ccnc(Cl)n1.CCC/C=C/C(=O)C(C)(C)C. The Kier molecular flexibility index (Phi) is 67.4. The first-order valence-electron chi connectivity index (χ1n) is 37.5. The Morgan fingerprint density at radius 1 is 0.531 bits per heavy atom. The predicted octanol–water partition coefficient (Wildman–Crippen LogP) is 22.2. The van der Waals surface area contributed by atoms with Crippen LogP contribution in [-0.2, 0) is 63.6 Å². The minimum absolute atomic E-state index is 0. The fourth-order valence-corrected chi connectivity index (χ4v) is 8.98. The molecule has 3 rings (SSSR count). The number of allylic oxidation sites excluding steroid dienone is 7. The average Bonchev–Trinajstić information content (AvgIpc) is 1.81. The molecule has 2 aliphatic carbocycles. The number of hydrogen-bond acceptors (Lipinski definition) is 14. The first kappa shape index (κ1) is 130. The van der Waals surface area contributed by atoms with Crippen LogP contribution in [0.4, 0.5) is 0 Å². The number of carbonyl (C=O) groups excluding carboxylic acids is 8. The van der Waals surface area contributed by atoms with Crippen molar-refractivity contribution >= 4 is 78.1 Å². The smallest absolute Gasteiger partial charge is 0.296 e. The van der Waals surface area contributed by atoms with Crippen LogP contribution in [0.2, 0.25) is 5.28 Å². The Morgan fingerprint density at radius 2 is 0.947 bits per heavy atom. The van der Waals surface area contributed by atoms with Gasteiger partial charge in [0, 0.05) is 78.2 Å². The van der Waals surface area contributed by atoms with E-state index in [1.807, 2.05) is 168 Å². The molecule has 0 bridgehead atoms. The summed E-state index contributed by atoms with van der Waals surface area (Å²) in [5.41, 5.74) is 1.04. The number of rotatable bonds is 13. The van der Waals surface area contributed by atoms with Crippen molar-refractivity contribution in [1.29, 1.82) is 0 Å². The van der Waals surface area contributed by atoms with Crippen LogP contribution < -0.4 is 15.4 Å². The minimum Gasteiger partial charge on any atom is -0.348 e. The molecule has 3 N–H and O–H groups in total. The number of sulfone groups is 1. The van der Waals surface area contributed by atoms with Gasteiger partial charge in [-0.25, -0.2) is 31.5 Å². The number of sulfonamides is 1. The van der Waals surface area contributed by atoms with Gasteiger partial charge in [-0.2, -0.15) is 0 Å². The third kappa shape index (κ3) is 76.1. The highest BCUT2D eigenvalue weighted by Crippen LogP contribution is 2.29. The maximum atomic E-state index is 11.8. The van der Waals surface area contributed by atoms with Crippen LogP contribution in [0.5, 0.6) is 0 Å². The summed E-state index contributed by atoms with van der Waals surface area (Å²) in [6.07, 6.45) is 34.1. The van der Waals surface area contributed by atoms with Crippen LogP contribution in [0.25, 0.3) is 0 Å². The molecule has 0 saturated carbocycles. The molecule has 113 heavy (non-hydrogen) atoms. The second-order valence-electron chi connectivity index (χ2n) is 37.1. The van der Waals surface area contributed by atoms with E-state index in [1.165, 1.54) is 31.1 Å². The van der Waals surface area contributed by atoms with Crippen LogP contribution in [0, 0.1) is 51.8 Å². The molecule has 18 nitrogen and oxygen atoms in total. The van der Waals surface area contributed by atoms with E-state index >= 15 is 0 Å². The summed E-state index contributed by atoms with van der Waals surface area (Å²) in [5.74, 6) is 4.41. The van der Waals surface area contributed by atoms with Crippen molar-refractivity contribution in [2.24, 2.45) is 27.1 Å². The van der Waals surface area contributed by atoms with Crippen molar-refractivity contribution in [2.45, 2.75) is 361 Å². The summed E-state index contributed by atoms with van der Waals surface area (Å²) in [5, 5.41) is 7.52. The number of nitrogens with one attached hydrogen (secondary N) is 3. The first-order chi connectivity index (χ1) is 48.9. The summed E-state index contributed by atoms with van der Waals surface area (Å²) >= 11 is 5.63. The minimum atomic E-state index is -3.26. The maximum Gasteiger partial charge on any atom is 0.296 e. The van der Waals surface area contributed by atoms with Crippen molar-refractivity contribution in [2.75, 3.05) is 6.54 Å². The topological polar surface area (TPSA) is 270 Å². The number of amides is 3. The van der Waals surface area contributed by atoms with Gasteiger partial charge >= 0.3 is 0 Å². The molecule has 0 unspecified atom stereocenters. The van der Waals surface area contributed by atoms with Gasteiger partial charge in [0.05, 0.1) is 10.4 Å². The van der Waals surface area contributed by atoms with Crippen LogP contribution in [0.15, 0.2) is 110 Å². The molecular weight excluding hydrogens is 1480 g/mol. The molecule has 0 aromatic carbocycles. The highest BCUT2D eigenvalue weighted by molar-refractivity contribution is 7.95. The molecule has 21 heteroatoms. The van der Waals surface area contributed by atoms with Gasteiger partial charge in [0.1, 0.15) is 0 Å². The van der Waals surface area contributed by atoms with Gasteiger partial charge in [0.25, 0.3) is 5.91 Å². The lowest BCUT2D eigenvalue weighted by Crippen LogP contribution is -2.45. The summed E-state index contributed by atoms with van der Waals surface area (Å²) in [6.45, 7) is 84.3. The van der Waals surface area contributed by atoms with E-state index in [1.54, 1.807) is 74.6 Å². The van der Waals surface area contributed by atoms with E-state index < -0.39 is 30.1 Å². The van der Waals surface area contributed by atoms with Crippen LogP contribution in [-0.4, -0.2) is 112 Å². The molecule has 0 fully saturated rings. The molecule has 0 aliphatic heterocycles. The number of terminal acetylenes is 2. The molecule has 0 radical (unpaired) electrons. The van der Waals surface area contributed by atoms with E-state index in [0.29, 0.717) is 16.9 Å². The standard InChI is InChI=1S/C11H18O.C10H19NO.C10H16O.C10H18O.C8H11ClN2.C7H13NO.C7H11NO.C7H12O.C7H10O.C6H13NO2S.C6H12O2S.3CH4/c1-11(2,3)10(12)9-7-5-4-6-8-9;1-6-8-11(9(12)7-2)10(3,4)5;1-10(2,3)9(11)8-6-4-5-7-8;1-5-6-7-8-9(11)10(2,3)4;1-8(2,3)6-4-5-10-7(9)11-6;2*1-5-6(9)8-7(2,3)4;2*1-5-6(8)7(2,3)4;1-5-10(8,9)7-6(2,3)4;1-5-9(7,8)6(2,3)4;;;/h7H,4-6,8H2,1-3H3;7H,2,6,8H2,1,3-5H3;6H,4-5,7H2,1-3H3;7-8H,5-6H2,1-4H3;4-5H,1-3H3;5H,1H2,2-4H3,(H,8,9);1H,2-4H3,(H,8,9);5H,1H2,2-4H3;1H,2-4H3;5,7H,1H2,2-4H3;5H,1H2,2-4H3;3*1H4/b;;;8-7+;;;;;;;;;;. The molecule has 0 saturated heterocycles. The lowest BCUT2D eigenvalue weighted by molar-refractivity contribution is -0.130. The maximum absolute atomic E-state index is 11.8. The first-order valence-corrected chi connectivity index (χ1v) is 40.9. The fourth-order valence-electron chi connectivity index (χ4n) is 7.39. The van der Waals surface area contributed by atoms with E-state index in [9.17, 15) is 55.2 Å². The number of halogens is 1. The molecular formula is C92H165ClN6O12S2. The molecule has 3 amide bonds. The fraction of sp³-hybridized carbons (Fsp3) is 0.652. The van der Waals surface area contributed by atoms with E-state index in [4.69, 9.17) is 24.4 Å². The van der Waals surface area contributed by atoms with E-state index in [-0.39, 0.29) is 106 Å². The lowest BCUT2D eigenvalue weighted by Gasteiger charge is -2.34. The zero-order valence-electron chi connectivity index (χ0n) is 75.3. The molecule has 1 aromatic heterocycles. The summed E-state index contributed by atoms with van der Waals surface area (Å²) < 4.78 is 45.1. The molecule has 0 atom stereocenters. The van der Waals surface area contributed by atoms with Crippen LogP contribution in [0.1, 0.15) is 335 Å². The summed E-state index contributed by atoms with van der Waals surface area (Å²) in [7, 11) is -6.34. The van der Waals surface area contributed by atoms with Crippen LogP contribution >= 0.6 is 11.6 Å². The Labute approximate surface area is 699 Å². The van der Waals surface area contributed by atoms with Crippen molar-refractivity contribution in [3.05, 3.63) is 121 Å². The number of aromatic nitrogens is 2. The Bertz CT molecular complexity index is 3480. The zero-order valence-corrected chi connectivity index (χ0v) is 77.6. The largest absolute Gasteiger partial charge is 0.348 e. The van der Waals surface area contributed by atoms with Gasteiger partial charge in [-0.1, -0.05) is 218 Å². The van der Waals surface area contributed by atoms with E-state index in [0.717, 1.165) is 85.6 Å². The Balaban J connectivity index is -0.000000113. The molecule has 654 valence electrons. The predicted molar refractivity (Wildman–Crippen MR) is 487 cm³/mol. The number of nitrogens with zero attached hydrogens (tertiary/aromatic N) is 3. The normalized spacial score (nSPS) is 12.6. The molecule has 0 spiro atoms. The van der Waals surface area contributed by atoms with Crippen molar-refractivity contribution < 1.29 is 55.2 Å². The number of ketones is 5. The molecule has 1 aromatic rings. The van der Waals surface area contributed by atoms with Crippen LogP contribution in [0.3, 0.4) is 0 Å². The van der Waals surface area contributed by atoms with Crippen molar-refractivity contribution in [3.8, 4) is 24.7 Å². The van der Waals surface area contributed by atoms with Gasteiger partial charge in [0.15, 0.2) is 33.0 Å².